The van der Waals surface area contributed by atoms with Crippen molar-refractivity contribution in [2.24, 2.45) is 0 Å². The fourth-order valence-corrected chi connectivity index (χ4v) is 6.17. The van der Waals surface area contributed by atoms with Gasteiger partial charge in [-0.2, -0.15) is 5.26 Å². The Bertz CT molecular complexity index is 1670. The van der Waals surface area contributed by atoms with Crippen molar-refractivity contribution in [3.8, 4) is 11.8 Å². The molecule has 0 atom stereocenters. The van der Waals surface area contributed by atoms with Crippen LogP contribution in [0.5, 0.6) is 0 Å². The third-order valence-corrected chi connectivity index (χ3v) is 8.27. The number of pyridine rings is 1. The fraction of sp³-hybridized carbons (Fsp3) is 0.290. The van der Waals surface area contributed by atoms with Gasteiger partial charge in [-0.15, -0.1) is 0 Å². The second kappa shape index (κ2) is 10.9. The van der Waals surface area contributed by atoms with Crippen LogP contribution in [0.2, 0.25) is 5.02 Å². The highest BCUT2D eigenvalue weighted by atomic mass is 35.5. The lowest BCUT2D eigenvalue weighted by Crippen LogP contribution is -2.47. The zero-order valence-electron chi connectivity index (χ0n) is 21.9. The lowest BCUT2D eigenvalue weighted by molar-refractivity contribution is 0.325. The van der Waals surface area contributed by atoms with E-state index in [9.17, 15) is 4.79 Å². The second-order valence-corrected chi connectivity index (χ2v) is 10.7. The normalized spacial score (nSPS) is 16.1. The molecule has 0 aliphatic carbocycles. The SMILES string of the molecule is N#Cc1ccc(N2CCN(c3c(F)cc4c(=O)ccn(-c5ccc(CN6CCCC6)c(F)c5)c4c3Cl)CC2)cc1. The van der Waals surface area contributed by atoms with Gasteiger partial charge in [0, 0.05) is 61.9 Å². The van der Waals surface area contributed by atoms with Gasteiger partial charge in [0.15, 0.2) is 5.43 Å². The van der Waals surface area contributed by atoms with Crippen LogP contribution in [0, 0.1) is 23.0 Å². The number of benzene rings is 3. The van der Waals surface area contributed by atoms with Crippen LogP contribution >= 0.6 is 11.6 Å². The molecule has 6 nitrogen and oxygen atoms in total. The maximum Gasteiger partial charge on any atom is 0.189 e. The van der Waals surface area contributed by atoms with Crippen molar-refractivity contribution >= 4 is 33.9 Å². The van der Waals surface area contributed by atoms with Crippen LogP contribution in [0.1, 0.15) is 24.0 Å². The average molecular weight is 560 g/mol. The Hall–Kier alpha value is -3.93. The summed E-state index contributed by atoms with van der Waals surface area (Å²) >= 11 is 6.89. The highest BCUT2D eigenvalue weighted by Gasteiger charge is 2.25. The molecule has 0 N–H and O–H groups in total. The van der Waals surface area contributed by atoms with Gasteiger partial charge in [0.1, 0.15) is 11.6 Å². The predicted octanol–water partition coefficient (Wildman–Crippen LogP) is 5.72. The van der Waals surface area contributed by atoms with Crippen LogP contribution in [-0.2, 0) is 6.54 Å². The molecular weight excluding hydrogens is 532 g/mol. The van der Waals surface area contributed by atoms with Gasteiger partial charge in [0.25, 0.3) is 0 Å². The van der Waals surface area contributed by atoms with Gasteiger partial charge in [0.05, 0.1) is 33.2 Å². The van der Waals surface area contributed by atoms with E-state index in [-0.39, 0.29) is 27.3 Å². The zero-order valence-corrected chi connectivity index (χ0v) is 22.7. The van der Waals surface area contributed by atoms with Gasteiger partial charge >= 0.3 is 0 Å². The topological polar surface area (TPSA) is 55.5 Å². The zero-order chi connectivity index (χ0) is 27.8. The van der Waals surface area contributed by atoms with E-state index < -0.39 is 5.82 Å². The lowest BCUT2D eigenvalue weighted by atomic mass is 10.1. The molecule has 1 aromatic heterocycles. The Morgan fingerprint density at radius 1 is 0.825 bits per heavy atom. The van der Waals surface area contributed by atoms with Crippen LogP contribution in [0.4, 0.5) is 20.2 Å². The molecular formula is C31H28ClF2N5O. The summed E-state index contributed by atoms with van der Waals surface area (Å²) in [5.41, 5.74) is 2.96. The quantitative estimate of drug-likeness (QED) is 0.313. The van der Waals surface area contributed by atoms with Gasteiger partial charge in [0.2, 0.25) is 0 Å². The van der Waals surface area contributed by atoms with Crippen molar-refractivity contribution < 1.29 is 8.78 Å². The highest BCUT2D eigenvalue weighted by Crippen LogP contribution is 2.37. The summed E-state index contributed by atoms with van der Waals surface area (Å²) in [5.74, 6) is -0.889. The molecule has 204 valence electrons. The number of anilines is 2. The van der Waals surface area contributed by atoms with Crippen molar-refractivity contribution in [1.82, 2.24) is 9.47 Å². The Kier molecular flexibility index (Phi) is 7.18. The van der Waals surface area contributed by atoms with Crippen molar-refractivity contribution in [2.45, 2.75) is 19.4 Å². The standard InChI is InChI=1S/C31H28ClF2N5O/c32-29-30-25(18-27(34)31(29)38-15-13-37(14-16-38)23-6-3-21(19-35)4-7-23)28(40)9-12-39(30)24-8-5-22(26(33)17-24)20-36-10-1-2-11-36/h3-9,12,17-18H,1-2,10-11,13-16,20H2. The summed E-state index contributed by atoms with van der Waals surface area (Å²) in [7, 11) is 0. The number of halogens is 3. The monoisotopic (exact) mass is 559 g/mol. The molecule has 4 aromatic rings. The number of aromatic nitrogens is 1. The summed E-state index contributed by atoms with van der Waals surface area (Å²) in [6.45, 7) is 4.78. The summed E-state index contributed by atoms with van der Waals surface area (Å²) < 4.78 is 32.4. The van der Waals surface area contributed by atoms with Gasteiger partial charge in [-0.3, -0.25) is 9.69 Å². The molecule has 3 heterocycles. The number of piperazine rings is 1. The molecule has 0 unspecified atom stereocenters. The average Bonchev–Trinajstić information content (AvgIpc) is 3.48. The first kappa shape index (κ1) is 26.3. The molecule has 9 heteroatoms. The van der Waals surface area contributed by atoms with Crippen LogP contribution in [-0.4, -0.2) is 48.7 Å². The first-order chi connectivity index (χ1) is 19.4. The van der Waals surface area contributed by atoms with E-state index in [0.717, 1.165) is 31.6 Å². The van der Waals surface area contributed by atoms with Crippen molar-refractivity contribution in [1.29, 1.82) is 5.26 Å². The van der Waals surface area contributed by atoms with E-state index in [1.807, 2.05) is 23.1 Å². The molecule has 2 fully saturated rings. The number of fused-ring (bicyclic) bond motifs is 1. The molecule has 0 radical (unpaired) electrons. The first-order valence-electron chi connectivity index (χ1n) is 13.5. The van der Waals surface area contributed by atoms with E-state index in [1.165, 1.54) is 18.2 Å². The molecule has 2 aliphatic heterocycles. The maximum absolute atomic E-state index is 15.5. The highest BCUT2D eigenvalue weighted by molar-refractivity contribution is 6.38. The van der Waals surface area contributed by atoms with Gasteiger partial charge in [-0.25, -0.2) is 8.78 Å². The van der Waals surface area contributed by atoms with E-state index in [4.69, 9.17) is 16.9 Å². The smallest absolute Gasteiger partial charge is 0.189 e. The van der Waals surface area contributed by atoms with Gasteiger partial charge in [-0.05, 0) is 68.4 Å². The number of likely N-dealkylation sites (tertiary alicyclic amines) is 1. The molecule has 2 aliphatic rings. The summed E-state index contributed by atoms with van der Waals surface area (Å²) in [6.07, 6.45) is 3.83. The minimum Gasteiger partial charge on any atom is -0.368 e. The fourth-order valence-electron chi connectivity index (χ4n) is 5.76. The Morgan fingerprint density at radius 3 is 2.17 bits per heavy atom. The number of hydrogen-bond donors (Lipinski definition) is 0. The third-order valence-electron chi connectivity index (χ3n) is 7.91. The predicted molar refractivity (Wildman–Crippen MR) is 155 cm³/mol. The molecule has 2 saturated heterocycles. The minimum absolute atomic E-state index is 0.126. The van der Waals surface area contributed by atoms with Crippen molar-refractivity contribution in [3.05, 3.63) is 98.8 Å². The van der Waals surface area contributed by atoms with Crippen LogP contribution in [0.15, 0.2) is 65.6 Å². The summed E-state index contributed by atoms with van der Waals surface area (Å²) in [4.78, 5) is 19.1. The third kappa shape index (κ3) is 4.91. The summed E-state index contributed by atoms with van der Waals surface area (Å²) in [6, 6.07) is 17.1. The molecule has 6 rings (SSSR count). The number of nitrogens with zero attached hydrogens (tertiary/aromatic N) is 5. The number of nitriles is 1. The molecule has 0 saturated carbocycles. The Balaban J connectivity index is 1.32. The maximum atomic E-state index is 15.5. The lowest BCUT2D eigenvalue weighted by Gasteiger charge is -2.38. The van der Waals surface area contributed by atoms with Gasteiger partial charge < -0.3 is 14.4 Å². The molecule has 0 bridgehead atoms. The minimum atomic E-state index is -0.564. The second-order valence-electron chi connectivity index (χ2n) is 10.4. The van der Waals surface area contributed by atoms with E-state index in [0.29, 0.717) is 55.1 Å². The molecule has 0 spiro atoms. The van der Waals surface area contributed by atoms with E-state index in [2.05, 4.69) is 15.9 Å². The Morgan fingerprint density at radius 2 is 1.50 bits per heavy atom. The Labute approximate surface area is 236 Å². The summed E-state index contributed by atoms with van der Waals surface area (Å²) in [5, 5.41) is 9.33. The van der Waals surface area contributed by atoms with Crippen molar-refractivity contribution in [3.63, 3.8) is 0 Å². The van der Waals surface area contributed by atoms with E-state index in [1.54, 1.807) is 29.0 Å². The van der Waals surface area contributed by atoms with Crippen molar-refractivity contribution in [2.75, 3.05) is 49.1 Å². The van der Waals surface area contributed by atoms with Crippen LogP contribution < -0.4 is 15.2 Å². The number of hydrogen-bond acceptors (Lipinski definition) is 5. The van der Waals surface area contributed by atoms with Crippen LogP contribution in [0.25, 0.3) is 16.6 Å². The largest absolute Gasteiger partial charge is 0.368 e. The van der Waals surface area contributed by atoms with Crippen LogP contribution in [0.3, 0.4) is 0 Å². The molecule has 3 aromatic carbocycles. The van der Waals surface area contributed by atoms with E-state index >= 15 is 8.78 Å². The number of rotatable bonds is 5. The first-order valence-corrected chi connectivity index (χ1v) is 13.9. The molecule has 0 amide bonds. The van der Waals surface area contributed by atoms with Gasteiger partial charge in [-0.1, -0.05) is 17.7 Å². The molecule has 40 heavy (non-hydrogen) atoms.